The first-order valence-electron chi connectivity index (χ1n) is 6.42. The van der Waals surface area contributed by atoms with Crippen LogP contribution in [-0.2, 0) is 4.79 Å². The smallest absolute Gasteiger partial charge is 0.312 e. The Morgan fingerprint density at radius 1 is 1.42 bits per heavy atom. The summed E-state index contributed by atoms with van der Waals surface area (Å²) in [6.45, 7) is 2.71. The van der Waals surface area contributed by atoms with E-state index in [0.29, 0.717) is 6.54 Å². The minimum absolute atomic E-state index is 0.443. The molecule has 0 aromatic carbocycles. The van der Waals surface area contributed by atoms with E-state index < -0.39 is 43.4 Å². The topological polar surface area (TPSA) is 40.5 Å². The van der Waals surface area contributed by atoms with Gasteiger partial charge in [-0.2, -0.15) is 0 Å². The molecule has 0 aromatic heterocycles. The number of hydrogen-bond acceptors (Lipinski definition) is 3. The van der Waals surface area contributed by atoms with Crippen LogP contribution in [0.15, 0.2) is 0 Å². The number of carboxylic acids is 1. The van der Waals surface area contributed by atoms with Gasteiger partial charge in [0.25, 0.3) is 5.92 Å². The van der Waals surface area contributed by atoms with E-state index in [0.717, 1.165) is 12.8 Å². The average molecular weight is 301 g/mol. The predicted octanol–water partition coefficient (Wildman–Crippen LogP) is 3.41. The second-order valence-corrected chi connectivity index (χ2v) is 5.08. The highest BCUT2D eigenvalue weighted by Gasteiger charge is 2.44. The standard InChI is InChI=1S/C12H22F3NO2S/c1-3-5-6-16(19)9(8-13)7-10(11(17)18)12(14,15)4-2/h9-10,19H,3-8H2,1-2H3,(H,17,18)/t9-,10?/m1/s1. The zero-order valence-electron chi connectivity index (χ0n) is 11.3. The van der Waals surface area contributed by atoms with Crippen molar-refractivity contribution in [2.24, 2.45) is 5.92 Å². The highest BCUT2D eigenvalue weighted by molar-refractivity contribution is 7.77. The average Bonchev–Trinajstić information content (AvgIpc) is 2.36. The van der Waals surface area contributed by atoms with E-state index in [2.05, 4.69) is 12.8 Å². The molecule has 0 radical (unpaired) electrons. The molecule has 114 valence electrons. The van der Waals surface area contributed by atoms with Crippen LogP contribution < -0.4 is 0 Å². The van der Waals surface area contributed by atoms with Gasteiger partial charge in [0.15, 0.2) is 0 Å². The minimum Gasteiger partial charge on any atom is -0.481 e. The minimum atomic E-state index is -3.33. The molecule has 3 nitrogen and oxygen atoms in total. The maximum atomic E-state index is 13.5. The largest absolute Gasteiger partial charge is 0.481 e. The van der Waals surface area contributed by atoms with Gasteiger partial charge in [0.05, 0.1) is 0 Å². The van der Waals surface area contributed by atoms with E-state index >= 15 is 0 Å². The van der Waals surface area contributed by atoms with Crippen LogP contribution in [0, 0.1) is 5.92 Å². The Morgan fingerprint density at radius 3 is 2.37 bits per heavy atom. The number of carbonyl (C=O) groups is 1. The summed E-state index contributed by atoms with van der Waals surface area (Å²) in [7, 11) is 0. The molecule has 0 aliphatic carbocycles. The van der Waals surface area contributed by atoms with Crippen molar-refractivity contribution in [3.8, 4) is 0 Å². The maximum Gasteiger partial charge on any atom is 0.312 e. The predicted molar refractivity (Wildman–Crippen MR) is 71.3 cm³/mol. The van der Waals surface area contributed by atoms with Gasteiger partial charge in [-0.3, -0.25) is 4.79 Å². The quantitative estimate of drug-likeness (QED) is 0.608. The molecule has 0 aliphatic rings. The lowest BCUT2D eigenvalue weighted by Gasteiger charge is -2.29. The molecular weight excluding hydrogens is 279 g/mol. The summed E-state index contributed by atoms with van der Waals surface area (Å²) in [5, 5.41) is 8.90. The summed E-state index contributed by atoms with van der Waals surface area (Å²) in [5.41, 5.74) is 0. The normalized spacial score (nSPS) is 15.5. The molecule has 0 aromatic rings. The highest BCUT2D eigenvalue weighted by atomic mass is 32.1. The Morgan fingerprint density at radius 2 is 2.00 bits per heavy atom. The Bertz CT molecular complexity index is 280. The molecule has 0 rings (SSSR count). The SMILES string of the molecule is CCCCN(S)[C@@H](CF)CC(C(=O)O)C(F)(F)CC. The van der Waals surface area contributed by atoms with Gasteiger partial charge in [0, 0.05) is 19.0 Å². The van der Waals surface area contributed by atoms with Crippen LogP contribution in [0.4, 0.5) is 13.2 Å². The number of unbranched alkanes of at least 4 members (excludes halogenated alkanes) is 1. The third-order valence-electron chi connectivity index (χ3n) is 3.13. The summed E-state index contributed by atoms with van der Waals surface area (Å²) < 4.78 is 41.3. The van der Waals surface area contributed by atoms with Crippen molar-refractivity contribution in [3.63, 3.8) is 0 Å². The zero-order chi connectivity index (χ0) is 15.1. The van der Waals surface area contributed by atoms with Crippen molar-refractivity contribution >= 4 is 18.8 Å². The molecule has 1 unspecified atom stereocenters. The summed E-state index contributed by atoms with van der Waals surface area (Å²) >= 11 is 4.06. The summed E-state index contributed by atoms with van der Waals surface area (Å²) in [6.07, 6.45) is 0.593. The van der Waals surface area contributed by atoms with Crippen molar-refractivity contribution in [2.45, 2.75) is 51.5 Å². The van der Waals surface area contributed by atoms with E-state index in [1.807, 2.05) is 6.92 Å². The van der Waals surface area contributed by atoms with Gasteiger partial charge in [-0.25, -0.2) is 17.5 Å². The fraction of sp³-hybridized carbons (Fsp3) is 0.917. The van der Waals surface area contributed by atoms with Crippen molar-refractivity contribution in [1.82, 2.24) is 4.31 Å². The van der Waals surface area contributed by atoms with Gasteiger partial charge in [0.1, 0.15) is 12.6 Å². The molecule has 0 heterocycles. The third kappa shape index (κ3) is 6.03. The lowest BCUT2D eigenvalue weighted by atomic mass is 9.92. The number of rotatable bonds is 10. The monoisotopic (exact) mass is 301 g/mol. The van der Waals surface area contributed by atoms with Crippen LogP contribution in [0.2, 0.25) is 0 Å². The lowest BCUT2D eigenvalue weighted by molar-refractivity contribution is -0.159. The molecule has 0 amide bonds. The van der Waals surface area contributed by atoms with Crippen LogP contribution in [0.5, 0.6) is 0 Å². The van der Waals surface area contributed by atoms with Gasteiger partial charge in [-0.05, 0) is 12.8 Å². The summed E-state index contributed by atoms with van der Waals surface area (Å²) in [6, 6.07) is -0.909. The van der Waals surface area contributed by atoms with Gasteiger partial charge >= 0.3 is 5.97 Å². The van der Waals surface area contributed by atoms with Crippen molar-refractivity contribution in [1.29, 1.82) is 0 Å². The summed E-state index contributed by atoms with van der Waals surface area (Å²) in [4.78, 5) is 10.9. The van der Waals surface area contributed by atoms with E-state index in [4.69, 9.17) is 5.11 Å². The lowest BCUT2D eigenvalue weighted by Crippen LogP contribution is -2.41. The molecule has 1 N–H and O–H groups in total. The van der Waals surface area contributed by atoms with Crippen LogP contribution >= 0.6 is 12.8 Å². The third-order valence-corrected chi connectivity index (χ3v) is 3.65. The zero-order valence-corrected chi connectivity index (χ0v) is 12.2. The van der Waals surface area contributed by atoms with E-state index in [1.54, 1.807) is 0 Å². The first-order chi connectivity index (χ1) is 8.80. The number of aliphatic carboxylic acids is 1. The van der Waals surface area contributed by atoms with Gasteiger partial charge < -0.3 is 5.11 Å². The van der Waals surface area contributed by atoms with Crippen LogP contribution in [0.1, 0.15) is 39.5 Å². The highest BCUT2D eigenvalue weighted by Crippen LogP contribution is 2.33. The maximum absolute atomic E-state index is 13.5. The molecule has 2 atom stereocenters. The Hall–Kier alpha value is -0.430. The Balaban J connectivity index is 4.75. The van der Waals surface area contributed by atoms with E-state index in [1.165, 1.54) is 11.2 Å². The number of halogens is 3. The first-order valence-corrected chi connectivity index (χ1v) is 6.82. The van der Waals surface area contributed by atoms with Crippen molar-refractivity contribution < 1.29 is 23.1 Å². The molecule has 19 heavy (non-hydrogen) atoms. The molecule has 0 aliphatic heterocycles. The molecule has 0 spiro atoms. The summed E-state index contributed by atoms with van der Waals surface area (Å²) in [5.74, 6) is -6.81. The molecule has 0 fully saturated rings. The van der Waals surface area contributed by atoms with E-state index in [-0.39, 0.29) is 0 Å². The number of thiol groups is 1. The van der Waals surface area contributed by atoms with Crippen LogP contribution in [0.25, 0.3) is 0 Å². The Labute approximate surface area is 117 Å². The molecule has 7 heteroatoms. The second-order valence-electron chi connectivity index (χ2n) is 4.57. The van der Waals surface area contributed by atoms with Crippen LogP contribution in [0.3, 0.4) is 0 Å². The molecular formula is C12H22F3NO2S. The number of hydrogen-bond donors (Lipinski definition) is 2. The Kier molecular flexibility index (Phi) is 8.49. The fourth-order valence-electron chi connectivity index (χ4n) is 1.74. The van der Waals surface area contributed by atoms with Crippen LogP contribution in [-0.4, -0.2) is 40.6 Å². The number of nitrogens with zero attached hydrogens (tertiary/aromatic N) is 1. The van der Waals surface area contributed by atoms with Gasteiger partial charge in [-0.15, -0.1) is 0 Å². The first kappa shape index (κ1) is 18.6. The second kappa shape index (κ2) is 8.68. The van der Waals surface area contributed by atoms with Crippen molar-refractivity contribution in [3.05, 3.63) is 0 Å². The molecule has 0 saturated heterocycles. The molecule has 0 bridgehead atoms. The number of carboxylic acid groups (broad SMARTS) is 1. The van der Waals surface area contributed by atoms with Gasteiger partial charge in [-0.1, -0.05) is 33.1 Å². The number of alkyl halides is 3. The van der Waals surface area contributed by atoms with Gasteiger partial charge in [0.2, 0.25) is 0 Å². The van der Waals surface area contributed by atoms with E-state index in [9.17, 15) is 18.0 Å². The molecule has 0 saturated carbocycles. The van der Waals surface area contributed by atoms with Crippen molar-refractivity contribution in [2.75, 3.05) is 13.2 Å². The fourth-order valence-corrected chi connectivity index (χ4v) is 2.04.